The molecule has 3 aromatic carbocycles. The molecule has 0 atom stereocenters. The summed E-state index contributed by atoms with van der Waals surface area (Å²) in [4.78, 5) is 17.9. The van der Waals surface area contributed by atoms with Crippen LogP contribution in [0.5, 0.6) is 11.5 Å². The van der Waals surface area contributed by atoms with E-state index >= 15 is 0 Å². The Morgan fingerprint density at radius 1 is 1.09 bits per heavy atom. The van der Waals surface area contributed by atoms with E-state index in [4.69, 9.17) is 32.7 Å². The zero-order valence-corrected chi connectivity index (χ0v) is 22.4. The van der Waals surface area contributed by atoms with Crippen molar-refractivity contribution in [1.82, 2.24) is 9.66 Å². The van der Waals surface area contributed by atoms with Crippen LogP contribution in [-0.2, 0) is 6.61 Å². The maximum atomic E-state index is 13.2. The van der Waals surface area contributed by atoms with Crippen molar-refractivity contribution >= 4 is 56.2 Å². The van der Waals surface area contributed by atoms with Crippen LogP contribution in [0.25, 0.3) is 10.9 Å². The zero-order valence-electron chi connectivity index (χ0n) is 19.3. The largest absolute Gasteiger partial charge is 0.493 e. The zero-order chi connectivity index (χ0) is 25.1. The van der Waals surface area contributed by atoms with Gasteiger partial charge in [-0.25, -0.2) is 4.98 Å². The molecule has 0 spiro atoms. The molecular weight excluding hydrogens is 553 g/mol. The lowest BCUT2D eigenvalue weighted by Crippen LogP contribution is -2.23. The van der Waals surface area contributed by atoms with Gasteiger partial charge in [0.1, 0.15) is 12.4 Å². The highest BCUT2D eigenvalue weighted by molar-refractivity contribution is 9.10. The van der Waals surface area contributed by atoms with Crippen LogP contribution in [0.15, 0.2) is 69.0 Å². The van der Waals surface area contributed by atoms with Crippen LogP contribution in [0.3, 0.4) is 0 Å². The van der Waals surface area contributed by atoms with Crippen LogP contribution in [-0.4, -0.2) is 23.0 Å². The van der Waals surface area contributed by atoms with Gasteiger partial charge in [0.25, 0.3) is 5.56 Å². The molecule has 1 aromatic heterocycles. The van der Waals surface area contributed by atoms with Crippen LogP contribution in [0.4, 0.5) is 0 Å². The van der Waals surface area contributed by atoms with Gasteiger partial charge < -0.3 is 9.47 Å². The first kappa shape index (κ1) is 25.2. The summed E-state index contributed by atoms with van der Waals surface area (Å²) in [6.45, 7) is 4.20. The Morgan fingerprint density at radius 3 is 2.60 bits per heavy atom. The molecule has 0 aliphatic carbocycles. The molecule has 0 amide bonds. The van der Waals surface area contributed by atoms with Gasteiger partial charge in [0.15, 0.2) is 11.5 Å². The molecule has 0 aliphatic heterocycles. The van der Waals surface area contributed by atoms with Crippen molar-refractivity contribution in [2.75, 3.05) is 7.11 Å². The predicted octanol–water partition coefficient (Wildman–Crippen LogP) is 7.06. The van der Waals surface area contributed by atoms with E-state index in [2.05, 4.69) is 26.0 Å². The fourth-order valence-electron chi connectivity index (χ4n) is 3.45. The summed E-state index contributed by atoms with van der Waals surface area (Å²) in [6, 6.07) is 16.1. The Morgan fingerprint density at radius 2 is 1.89 bits per heavy atom. The minimum absolute atomic E-state index is 0.00194. The van der Waals surface area contributed by atoms with Crippen molar-refractivity contribution in [3.63, 3.8) is 0 Å². The number of nitrogens with zero attached hydrogens (tertiary/aromatic N) is 3. The molecule has 0 saturated carbocycles. The average Bonchev–Trinajstić information content (AvgIpc) is 2.83. The Bertz CT molecular complexity index is 1490. The second-order valence-corrected chi connectivity index (χ2v) is 9.84. The molecule has 180 valence electrons. The second kappa shape index (κ2) is 10.8. The molecular formula is C26H22BrCl2N3O3. The normalized spacial score (nSPS) is 11.5. The third-order valence-electron chi connectivity index (χ3n) is 5.26. The standard InChI is InChI=1S/C26H22BrCl2N3O3/c1-15(2)25-31-22-8-6-18(27)11-20(22)26(33)32(25)30-13-16-4-9-23(24(10-16)34-3)35-14-17-5-7-19(28)12-21(17)29/h4-13,15H,14H2,1-3H3. The molecule has 0 N–H and O–H groups in total. The molecule has 0 aliphatic rings. The number of rotatable bonds is 7. The average molecular weight is 575 g/mol. The van der Waals surface area contributed by atoms with Crippen molar-refractivity contribution < 1.29 is 9.47 Å². The lowest BCUT2D eigenvalue weighted by molar-refractivity contribution is 0.284. The fourth-order valence-corrected chi connectivity index (χ4v) is 4.28. The molecule has 4 rings (SSSR count). The molecule has 4 aromatic rings. The van der Waals surface area contributed by atoms with Gasteiger partial charge in [-0.2, -0.15) is 9.78 Å². The van der Waals surface area contributed by atoms with Crippen molar-refractivity contribution in [3.05, 3.63) is 96.4 Å². The maximum Gasteiger partial charge on any atom is 0.282 e. The molecule has 9 heteroatoms. The van der Waals surface area contributed by atoms with Gasteiger partial charge in [-0.3, -0.25) is 4.79 Å². The molecule has 0 bridgehead atoms. The highest BCUT2D eigenvalue weighted by Gasteiger charge is 2.14. The first-order chi connectivity index (χ1) is 16.8. The number of ether oxygens (including phenoxy) is 2. The monoisotopic (exact) mass is 573 g/mol. The second-order valence-electron chi connectivity index (χ2n) is 8.08. The van der Waals surface area contributed by atoms with Gasteiger partial charge in [0.05, 0.1) is 24.2 Å². The number of halogens is 3. The molecule has 0 saturated heterocycles. The van der Waals surface area contributed by atoms with Crippen LogP contribution in [0.2, 0.25) is 10.0 Å². The van der Waals surface area contributed by atoms with Crippen molar-refractivity contribution in [2.45, 2.75) is 26.4 Å². The van der Waals surface area contributed by atoms with Crippen molar-refractivity contribution in [1.29, 1.82) is 0 Å². The molecule has 0 fully saturated rings. The van der Waals surface area contributed by atoms with E-state index in [0.29, 0.717) is 38.3 Å². The minimum Gasteiger partial charge on any atom is -0.493 e. The summed E-state index contributed by atoms with van der Waals surface area (Å²) in [5, 5.41) is 6.05. The summed E-state index contributed by atoms with van der Waals surface area (Å²) >= 11 is 15.6. The third-order valence-corrected chi connectivity index (χ3v) is 6.34. The van der Waals surface area contributed by atoms with E-state index in [9.17, 15) is 4.79 Å². The quantitative estimate of drug-likeness (QED) is 0.222. The highest BCUT2D eigenvalue weighted by atomic mass is 79.9. The number of hydrogen-bond donors (Lipinski definition) is 0. The number of aromatic nitrogens is 2. The SMILES string of the molecule is COc1cc(C=Nn2c(C(C)C)nc3ccc(Br)cc3c2=O)ccc1OCc1ccc(Cl)cc1Cl. The first-order valence-corrected chi connectivity index (χ1v) is 12.3. The van der Waals surface area contributed by atoms with Gasteiger partial charge in [0.2, 0.25) is 0 Å². The van der Waals surface area contributed by atoms with Crippen LogP contribution < -0.4 is 15.0 Å². The molecule has 1 heterocycles. The van der Waals surface area contributed by atoms with E-state index in [1.165, 1.54) is 4.68 Å². The van der Waals surface area contributed by atoms with E-state index < -0.39 is 0 Å². The Balaban J connectivity index is 1.63. The minimum atomic E-state index is -0.233. The maximum absolute atomic E-state index is 13.2. The van der Waals surface area contributed by atoms with Crippen LogP contribution in [0, 0.1) is 0 Å². The van der Waals surface area contributed by atoms with E-state index in [-0.39, 0.29) is 18.1 Å². The Kier molecular flexibility index (Phi) is 7.79. The van der Waals surface area contributed by atoms with Gasteiger partial charge in [0, 0.05) is 26.0 Å². The lowest BCUT2D eigenvalue weighted by Gasteiger charge is -2.13. The highest BCUT2D eigenvalue weighted by Crippen LogP contribution is 2.30. The predicted molar refractivity (Wildman–Crippen MR) is 145 cm³/mol. The Hall–Kier alpha value is -2.87. The summed E-state index contributed by atoms with van der Waals surface area (Å²) in [7, 11) is 1.56. The molecule has 0 unspecified atom stereocenters. The summed E-state index contributed by atoms with van der Waals surface area (Å²) < 4.78 is 13.6. The smallest absolute Gasteiger partial charge is 0.282 e. The van der Waals surface area contributed by atoms with Gasteiger partial charge in [-0.1, -0.05) is 59.0 Å². The van der Waals surface area contributed by atoms with Gasteiger partial charge in [-0.15, -0.1) is 0 Å². The topological polar surface area (TPSA) is 65.7 Å². The van der Waals surface area contributed by atoms with Crippen molar-refractivity contribution in [2.24, 2.45) is 5.10 Å². The first-order valence-electron chi connectivity index (χ1n) is 10.8. The molecule has 6 nitrogen and oxygen atoms in total. The van der Waals surface area contributed by atoms with Crippen molar-refractivity contribution in [3.8, 4) is 11.5 Å². The van der Waals surface area contributed by atoms with E-state index in [1.807, 2.05) is 38.1 Å². The number of fused-ring (bicyclic) bond motifs is 1. The van der Waals surface area contributed by atoms with E-state index in [0.717, 1.165) is 15.6 Å². The summed E-state index contributed by atoms with van der Waals surface area (Å²) in [6.07, 6.45) is 1.60. The fraction of sp³-hybridized carbons (Fsp3) is 0.192. The molecule has 35 heavy (non-hydrogen) atoms. The van der Waals surface area contributed by atoms with Crippen LogP contribution in [0.1, 0.15) is 36.7 Å². The summed E-state index contributed by atoms with van der Waals surface area (Å²) in [5.41, 5.74) is 1.94. The Labute approximate surface area is 221 Å². The molecule has 0 radical (unpaired) electrons. The number of hydrogen-bond acceptors (Lipinski definition) is 5. The van der Waals surface area contributed by atoms with Gasteiger partial charge >= 0.3 is 0 Å². The number of benzene rings is 3. The third kappa shape index (κ3) is 5.69. The van der Waals surface area contributed by atoms with Gasteiger partial charge in [-0.05, 0) is 54.1 Å². The number of methoxy groups -OCH3 is 1. The van der Waals surface area contributed by atoms with Crippen LogP contribution >= 0.6 is 39.1 Å². The lowest BCUT2D eigenvalue weighted by atomic mass is 10.2. The summed E-state index contributed by atoms with van der Waals surface area (Å²) in [5.74, 6) is 1.65. The van der Waals surface area contributed by atoms with E-state index in [1.54, 1.807) is 43.7 Å².